The van der Waals surface area contributed by atoms with Gasteiger partial charge in [-0.2, -0.15) is 0 Å². The first-order chi connectivity index (χ1) is 7.00. The number of halogens is 2. The van der Waals surface area contributed by atoms with Crippen molar-refractivity contribution < 1.29 is 4.79 Å². The molecule has 6 heteroatoms. The van der Waals surface area contributed by atoms with Gasteiger partial charge in [-0.05, 0) is 13.8 Å². The van der Waals surface area contributed by atoms with Crippen molar-refractivity contribution >= 4 is 49.1 Å². The molecule has 0 aromatic carbocycles. The lowest BCUT2D eigenvalue weighted by Gasteiger charge is -2.25. The van der Waals surface area contributed by atoms with E-state index in [9.17, 15) is 4.79 Å². The summed E-state index contributed by atoms with van der Waals surface area (Å²) in [5.41, 5.74) is -0.269. The summed E-state index contributed by atoms with van der Waals surface area (Å²) in [5.74, 6) is -0.0676. The number of hydrogen-bond donors (Lipinski definition) is 1. The van der Waals surface area contributed by atoms with Crippen molar-refractivity contribution in [2.45, 2.75) is 19.4 Å². The van der Waals surface area contributed by atoms with Crippen molar-refractivity contribution in [3.05, 3.63) is 16.1 Å². The van der Waals surface area contributed by atoms with Gasteiger partial charge in [0.25, 0.3) is 5.91 Å². The molecule has 1 aromatic heterocycles. The van der Waals surface area contributed by atoms with Gasteiger partial charge < -0.3 is 5.32 Å². The monoisotopic (exact) mass is 354 g/mol. The summed E-state index contributed by atoms with van der Waals surface area (Å²) in [6.07, 6.45) is 1.61. The van der Waals surface area contributed by atoms with Gasteiger partial charge >= 0.3 is 0 Å². The second-order valence-electron chi connectivity index (χ2n) is 3.53. The molecule has 0 aliphatic carbocycles. The van der Waals surface area contributed by atoms with E-state index in [2.05, 4.69) is 42.2 Å². The summed E-state index contributed by atoms with van der Waals surface area (Å²) < 4.78 is 0. The summed E-state index contributed by atoms with van der Waals surface area (Å²) in [6, 6.07) is 0. The topological polar surface area (TPSA) is 42.0 Å². The number of nitrogens with zero attached hydrogens (tertiary/aromatic N) is 1. The second kappa shape index (κ2) is 5.41. The lowest BCUT2D eigenvalue weighted by atomic mass is 10.1. The van der Waals surface area contributed by atoms with Crippen molar-refractivity contribution in [1.29, 1.82) is 0 Å². The number of hydrogen-bond acceptors (Lipinski definition) is 3. The Morgan fingerprint density at radius 1 is 1.60 bits per heavy atom. The summed E-state index contributed by atoms with van der Waals surface area (Å²) >= 11 is 8.17. The van der Waals surface area contributed by atoms with Crippen LogP contribution in [0.4, 0.5) is 0 Å². The van der Waals surface area contributed by atoms with Crippen LogP contribution in [-0.2, 0) is 0 Å². The number of nitrogens with one attached hydrogen (secondary N) is 1. The summed E-state index contributed by atoms with van der Waals surface area (Å²) in [4.78, 5) is 16.5. The Morgan fingerprint density at radius 3 is 2.60 bits per heavy atom. The molecule has 0 fully saturated rings. The van der Waals surface area contributed by atoms with E-state index >= 15 is 0 Å². The third-order valence-electron chi connectivity index (χ3n) is 1.85. The standard InChI is InChI=1S/C9H12Br2N2OS/c1-6-12-3-7(15-6)8(14)13-9(2,4-10)5-11/h3H,4-5H2,1-2H3,(H,13,14). The van der Waals surface area contributed by atoms with Gasteiger partial charge in [-0.3, -0.25) is 4.79 Å². The number of amides is 1. The third-order valence-corrected chi connectivity index (χ3v) is 5.24. The van der Waals surface area contributed by atoms with Gasteiger partial charge in [-0.1, -0.05) is 31.9 Å². The van der Waals surface area contributed by atoms with E-state index in [0.29, 0.717) is 15.5 Å². The molecule has 0 saturated carbocycles. The van der Waals surface area contributed by atoms with Gasteiger partial charge in [-0.15, -0.1) is 11.3 Å². The fourth-order valence-corrected chi connectivity index (χ4v) is 2.79. The van der Waals surface area contributed by atoms with E-state index in [1.165, 1.54) is 11.3 Å². The molecule has 0 bridgehead atoms. The van der Waals surface area contributed by atoms with E-state index < -0.39 is 0 Å². The van der Waals surface area contributed by atoms with E-state index in [4.69, 9.17) is 0 Å². The summed E-state index contributed by atoms with van der Waals surface area (Å²) in [6.45, 7) is 3.86. The highest BCUT2D eigenvalue weighted by Crippen LogP contribution is 2.16. The van der Waals surface area contributed by atoms with Gasteiger partial charge in [0.15, 0.2) is 0 Å². The molecule has 0 atom stereocenters. The van der Waals surface area contributed by atoms with Crippen LogP contribution in [0.5, 0.6) is 0 Å². The second-order valence-corrected chi connectivity index (χ2v) is 5.88. The molecule has 1 heterocycles. The molecule has 0 unspecified atom stereocenters. The Labute approximate surface area is 110 Å². The molecular weight excluding hydrogens is 344 g/mol. The number of alkyl halides is 2. The lowest BCUT2D eigenvalue weighted by Crippen LogP contribution is -2.48. The number of carbonyl (C=O) groups excluding carboxylic acids is 1. The zero-order valence-electron chi connectivity index (χ0n) is 8.51. The predicted octanol–water partition coefficient (Wildman–Crippen LogP) is 2.73. The molecule has 3 nitrogen and oxygen atoms in total. The number of thiazole rings is 1. The molecule has 0 aliphatic heterocycles. The largest absolute Gasteiger partial charge is 0.344 e. The molecule has 0 saturated heterocycles. The molecular formula is C9H12Br2N2OS. The van der Waals surface area contributed by atoms with Crippen LogP contribution in [-0.4, -0.2) is 27.1 Å². The van der Waals surface area contributed by atoms with Crippen LogP contribution < -0.4 is 5.32 Å². The zero-order valence-corrected chi connectivity index (χ0v) is 12.5. The normalized spacial score (nSPS) is 11.5. The maximum Gasteiger partial charge on any atom is 0.263 e. The number of aryl methyl sites for hydroxylation is 1. The summed E-state index contributed by atoms with van der Waals surface area (Å²) in [5, 5.41) is 5.27. The Morgan fingerprint density at radius 2 is 2.20 bits per heavy atom. The maximum atomic E-state index is 11.8. The molecule has 1 amide bonds. The Kier molecular flexibility index (Phi) is 4.73. The van der Waals surface area contributed by atoms with E-state index in [1.807, 2.05) is 13.8 Å². The average molecular weight is 356 g/mol. The third kappa shape index (κ3) is 3.53. The van der Waals surface area contributed by atoms with Gasteiger partial charge in [-0.25, -0.2) is 4.98 Å². The van der Waals surface area contributed by atoms with Crippen LogP contribution >= 0.6 is 43.2 Å². The minimum Gasteiger partial charge on any atom is -0.344 e. The first-order valence-corrected chi connectivity index (χ1v) is 7.43. The highest BCUT2D eigenvalue weighted by Gasteiger charge is 2.24. The quantitative estimate of drug-likeness (QED) is 0.844. The van der Waals surface area contributed by atoms with Crippen LogP contribution in [0.3, 0.4) is 0 Å². The predicted molar refractivity (Wildman–Crippen MR) is 70.3 cm³/mol. The van der Waals surface area contributed by atoms with Gasteiger partial charge in [0.2, 0.25) is 0 Å². The first-order valence-electron chi connectivity index (χ1n) is 4.37. The first kappa shape index (κ1) is 13.1. The Hall–Kier alpha value is 0.0600. The van der Waals surface area contributed by atoms with Crippen molar-refractivity contribution in [1.82, 2.24) is 10.3 Å². The van der Waals surface area contributed by atoms with Gasteiger partial charge in [0, 0.05) is 10.7 Å². The van der Waals surface area contributed by atoms with Crippen LogP contribution in [0.25, 0.3) is 0 Å². The fraction of sp³-hybridized carbons (Fsp3) is 0.556. The number of carbonyl (C=O) groups is 1. The van der Waals surface area contributed by atoms with Crippen molar-refractivity contribution in [2.75, 3.05) is 10.7 Å². The highest BCUT2D eigenvalue weighted by molar-refractivity contribution is 9.09. The fourth-order valence-electron chi connectivity index (χ4n) is 0.905. The molecule has 0 radical (unpaired) electrons. The smallest absolute Gasteiger partial charge is 0.263 e. The van der Waals surface area contributed by atoms with E-state index in [0.717, 1.165) is 5.01 Å². The highest BCUT2D eigenvalue weighted by atomic mass is 79.9. The molecule has 1 N–H and O–H groups in total. The molecule has 1 aromatic rings. The van der Waals surface area contributed by atoms with E-state index in [1.54, 1.807) is 6.20 Å². The SMILES string of the molecule is Cc1ncc(C(=O)NC(C)(CBr)CBr)s1. The van der Waals surface area contributed by atoms with Gasteiger partial charge in [0.05, 0.1) is 16.7 Å². The Bertz CT molecular complexity index is 350. The number of rotatable bonds is 4. The summed E-state index contributed by atoms with van der Waals surface area (Å²) in [7, 11) is 0. The van der Waals surface area contributed by atoms with Crippen molar-refractivity contribution in [2.24, 2.45) is 0 Å². The average Bonchev–Trinajstić information content (AvgIpc) is 2.65. The maximum absolute atomic E-state index is 11.8. The molecule has 1 rings (SSSR count). The van der Waals surface area contributed by atoms with Crippen LogP contribution in [0.1, 0.15) is 21.6 Å². The van der Waals surface area contributed by atoms with Gasteiger partial charge in [0.1, 0.15) is 4.88 Å². The minimum absolute atomic E-state index is 0.0676. The Balaban J connectivity index is 2.71. The minimum atomic E-state index is -0.269. The molecule has 15 heavy (non-hydrogen) atoms. The number of aromatic nitrogens is 1. The van der Waals surface area contributed by atoms with E-state index in [-0.39, 0.29) is 11.4 Å². The van der Waals surface area contributed by atoms with Crippen LogP contribution in [0.15, 0.2) is 6.20 Å². The molecule has 0 aliphatic rings. The van der Waals surface area contributed by atoms with Crippen LogP contribution in [0.2, 0.25) is 0 Å². The molecule has 84 valence electrons. The van der Waals surface area contributed by atoms with Crippen LogP contribution in [0, 0.1) is 6.92 Å². The zero-order chi connectivity index (χ0) is 11.5. The molecule has 0 spiro atoms. The lowest BCUT2D eigenvalue weighted by molar-refractivity contribution is 0.0927. The van der Waals surface area contributed by atoms with Crippen molar-refractivity contribution in [3.8, 4) is 0 Å². The van der Waals surface area contributed by atoms with Crippen molar-refractivity contribution in [3.63, 3.8) is 0 Å².